The molecule has 0 bridgehead atoms. The molecule has 7 heteroatoms. The van der Waals surface area contributed by atoms with Crippen LogP contribution in [0.25, 0.3) is 10.8 Å². The van der Waals surface area contributed by atoms with Gasteiger partial charge in [0.2, 0.25) is 5.88 Å². The van der Waals surface area contributed by atoms with Crippen molar-refractivity contribution in [1.29, 1.82) is 0 Å². The first-order valence-corrected chi connectivity index (χ1v) is 10.2. The molecule has 3 aromatic rings. The van der Waals surface area contributed by atoms with Crippen LogP contribution in [0.1, 0.15) is 23.5 Å². The van der Waals surface area contributed by atoms with E-state index in [1.54, 1.807) is 0 Å². The van der Waals surface area contributed by atoms with Gasteiger partial charge in [0, 0.05) is 22.4 Å². The number of fused-ring (bicyclic) bond motifs is 2. The first kappa shape index (κ1) is 17.5. The number of aryl methyl sites for hydroxylation is 1. The van der Waals surface area contributed by atoms with Gasteiger partial charge in [0.05, 0.1) is 5.25 Å². The largest absolute Gasteiger partial charge is 0.437 e. The van der Waals surface area contributed by atoms with Crippen molar-refractivity contribution in [1.82, 2.24) is 15.5 Å². The second-order valence-corrected chi connectivity index (χ2v) is 8.40. The van der Waals surface area contributed by atoms with E-state index in [2.05, 4.69) is 34.2 Å². The predicted molar refractivity (Wildman–Crippen MR) is 111 cm³/mol. The quantitative estimate of drug-likeness (QED) is 0.623. The fourth-order valence-corrected chi connectivity index (χ4v) is 5.25. The van der Waals surface area contributed by atoms with Crippen LogP contribution in [-0.2, 0) is 6.42 Å². The monoisotopic (exact) mass is 409 g/mol. The van der Waals surface area contributed by atoms with E-state index in [1.165, 1.54) is 22.9 Å². The standard InChI is InChI=1S/C21H16ClN3O2S/c1-11-18(28-21(26)23-11)15-8-6-12-10-13(7-9-14(12)15)27-20-17-5-3-2-4-16(17)19(22)24-25-20/h2-5,7,9-10,15,18H,1,6,8H2,(H,23,26)/t15-,18?/m1/s1. The summed E-state index contributed by atoms with van der Waals surface area (Å²) < 4.78 is 6.05. The Labute approximate surface area is 171 Å². The number of ether oxygens (including phenoxy) is 1. The zero-order valence-electron chi connectivity index (χ0n) is 14.8. The van der Waals surface area contributed by atoms with Gasteiger partial charge in [-0.1, -0.05) is 54.2 Å². The fourth-order valence-electron chi connectivity index (χ4n) is 3.98. The molecule has 5 rings (SSSR count). The molecule has 0 saturated carbocycles. The number of amides is 1. The third-order valence-corrected chi connectivity index (χ3v) is 6.73. The highest BCUT2D eigenvalue weighted by Gasteiger charge is 2.37. The molecule has 1 fully saturated rings. The van der Waals surface area contributed by atoms with Crippen LogP contribution in [0.2, 0.25) is 5.15 Å². The summed E-state index contributed by atoms with van der Waals surface area (Å²) in [6, 6.07) is 13.7. The lowest BCUT2D eigenvalue weighted by atomic mass is 9.96. The number of hydrogen-bond acceptors (Lipinski definition) is 5. The summed E-state index contributed by atoms with van der Waals surface area (Å²) in [5, 5.41) is 13.0. The van der Waals surface area contributed by atoms with Crippen molar-refractivity contribution < 1.29 is 9.53 Å². The van der Waals surface area contributed by atoms with E-state index in [-0.39, 0.29) is 16.4 Å². The van der Waals surface area contributed by atoms with Gasteiger partial charge in [-0.2, -0.15) is 0 Å². The van der Waals surface area contributed by atoms with Crippen LogP contribution >= 0.6 is 23.4 Å². The Kier molecular flexibility index (Phi) is 4.25. The predicted octanol–water partition coefficient (Wildman–Crippen LogP) is 5.44. The van der Waals surface area contributed by atoms with Crippen molar-refractivity contribution in [2.45, 2.75) is 24.0 Å². The smallest absolute Gasteiger partial charge is 0.283 e. The van der Waals surface area contributed by atoms with E-state index in [0.29, 0.717) is 16.8 Å². The van der Waals surface area contributed by atoms with Gasteiger partial charge in [-0.15, -0.1) is 10.2 Å². The molecule has 0 radical (unpaired) electrons. The highest BCUT2D eigenvalue weighted by atomic mass is 35.5. The van der Waals surface area contributed by atoms with E-state index >= 15 is 0 Å². The molecule has 28 heavy (non-hydrogen) atoms. The van der Waals surface area contributed by atoms with Crippen LogP contribution in [0.15, 0.2) is 54.7 Å². The van der Waals surface area contributed by atoms with E-state index < -0.39 is 0 Å². The summed E-state index contributed by atoms with van der Waals surface area (Å²) >= 11 is 7.47. The van der Waals surface area contributed by atoms with Crippen molar-refractivity contribution in [2.75, 3.05) is 0 Å². The molecule has 1 aromatic heterocycles. The first-order valence-electron chi connectivity index (χ1n) is 8.98. The second-order valence-electron chi connectivity index (χ2n) is 6.93. The Morgan fingerprint density at radius 2 is 2.00 bits per heavy atom. The number of nitrogens with one attached hydrogen (secondary N) is 1. The average molecular weight is 410 g/mol. The molecule has 1 aliphatic carbocycles. The molecular formula is C21H16ClN3O2S. The van der Waals surface area contributed by atoms with Gasteiger partial charge < -0.3 is 10.1 Å². The average Bonchev–Trinajstić information content (AvgIpc) is 3.26. The topological polar surface area (TPSA) is 64.1 Å². The van der Waals surface area contributed by atoms with E-state index in [0.717, 1.165) is 29.3 Å². The van der Waals surface area contributed by atoms with Gasteiger partial charge in [-0.25, -0.2) is 0 Å². The number of hydrogen-bond donors (Lipinski definition) is 1. The minimum absolute atomic E-state index is 0.0170. The summed E-state index contributed by atoms with van der Waals surface area (Å²) in [4.78, 5) is 11.7. The summed E-state index contributed by atoms with van der Waals surface area (Å²) in [6.07, 6.45) is 1.94. The molecular weight excluding hydrogens is 394 g/mol. The number of carbonyl (C=O) groups excluding carboxylic acids is 1. The van der Waals surface area contributed by atoms with E-state index in [4.69, 9.17) is 16.3 Å². The maximum atomic E-state index is 11.7. The molecule has 1 aliphatic heterocycles. The minimum Gasteiger partial charge on any atom is -0.437 e. The zero-order chi connectivity index (χ0) is 19.3. The van der Waals surface area contributed by atoms with Crippen LogP contribution < -0.4 is 10.1 Å². The molecule has 5 nitrogen and oxygen atoms in total. The van der Waals surface area contributed by atoms with Crippen LogP contribution in [0.5, 0.6) is 11.6 Å². The highest BCUT2D eigenvalue weighted by molar-refractivity contribution is 8.14. The third-order valence-electron chi connectivity index (χ3n) is 5.27. The van der Waals surface area contributed by atoms with Gasteiger partial charge in [0.1, 0.15) is 5.75 Å². The van der Waals surface area contributed by atoms with Gasteiger partial charge >= 0.3 is 0 Å². The Bertz CT molecular complexity index is 1130. The summed E-state index contributed by atoms with van der Waals surface area (Å²) in [6.45, 7) is 4.01. The third kappa shape index (κ3) is 2.93. The van der Waals surface area contributed by atoms with Gasteiger partial charge in [0.25, 0.3) is 5.24 Å². The lowest BCUT2D eigenvalue weighted by molar-refractivity contribution is 0.263. The van der Waals surface area contributed by atoms with Crippen LogP contribution in [0.3, 0.4) is 0 Å². The van der Waals surface area contributed by atoms with Gasteiger partial charge in [-0.05, 0) is 42.2 Å². The van der Waals surface area contributed by atoms with Crippen molar-refractivity contribution >= 4 is 39.4 Å². The Balaban J connectivity index is 1.45. The van der Waals surface area contributed by atoms with Crippen molar-refractivity contribution in [2.24, 2.45) is 0 Å². The molecule has 2 aliphatic rings. The van der Waals surface area contributed by atoms with Gasteiger partial charge in [-0.3, -0.25) is 4.79 Å². The number of carbonyl (C=O) groups is 1. The minimum atomic E-state index is -0.0170. The molecule has 1 N–H and O–H groups in total. The number of benzene rings is 2. The van der Waals surface area contributed by atoms with E-state index in [9.17, 15) is 4.79 Å². The summed E-state index contributed by atoms with van der Waals surface area (Å²) in [5.74, 6) is 1.44. The Morgan fingerprint density at radius 3 is 2.79 bits per heavy atom. The molecule has 2 atom stereocenters. The molecule has 1 amide bonds. The van der Waals surface area contributed by atoms with E-state index in [1.807, 2.05) is 30.3 Å². The van der Waals surface area contributed by atoms with Gasteiger partial charge in [0.15, 0.2) is 5.15 Å². The fraction of sp³-hybridized carbons (Fsp3) is 0.190. The Morgan fingerprint density at radius 1 is 1.18 bits per heavy atom. The normalized spacial score (nSPS) is 21.0. The number of thioether (sulfide) groups is 1. The highest BCUT2D eigenvalue weighted by Crippen LogP contribution is 2.45. The summed E-state index contributed by atoms with van der Waals surface area (Å²) in [5.41, 5.74) is 3.30. The zero-order valence-corrected chi connectivity index (χ0v) is 16.4. The molecule has 1 unspecified atom stereocenters. The number of aromatic nitrogens is 2. The van der Waals surface area contributed by atoms with Crippen LogP contribution in [0, 0.1) is 0 Å². The molecule has 1 saturated heterocycles. The molecule has 0 spiro atoms. The SMILES string of the molecule is C=C1NC(=O)SC1[C@@H]1CCc2cc(Oc3nnc(Cl)c4ccccc34)ccc21. The maximum Gasteiger partial charge on any atom is 0.283 e. The summed E-state index contributed by atoms with van der Waals surface area (Å²) in [7, 11) is 0. The maximum absolute atomic E-state index is 11.7. The number of rotatable bonds is 3. The number of nitrogens with zero attached hydrogens (tertiary/aromatic N) is 2. The Hall–Kier alpha value is -2.57. The lowest BCUT2D eigenvalue weighted by Gasteiger charge is -2.18. The van der Waals surface area contributed by atoms with Crippen molar-refractivity contribution in [3.8, 4) is 11.6 Å². The lowest BCUT2D eigenvalue weighted by Crippen LogP contribution is -2.16. The van der Waals surface area contributed by atoms with Crippen molar-refractivity contribution in [3.05, 3.63) is 71.0 Å². The van der Waals surface area contributed by atoms with Crippen LogP contribution in [0.4, 0.5) is 4.79 Å². The van der Waals surface area contributed by atoms with Crippen LogP contribution in [-0.4, -0.2) is 20.7 Å². The number of halogens is 1. The molecule has 2 aromatic carbocycles. The molecule has 140 valence electrons. The first-order chi connectivity index (χ1) is 13.6. The van der Waals surface area contributed by atoms with Crippen molar-refractivity contribution in [3.63, 3.8) is 0 Å². The molecule has 2 heterocycles. The second kappa shape index (κ2) is 6.79.